The topological polar surface area (TPSA) is 64.3 Å². The summed E-state index contributed by atoms with van der Waals surface area (Å²) in [5, 5.41) is 2.84. The fourth-order valence-electron chi connectivity index (χ4n) is 1.45. The molecule has 0 aromatic heterocycles. The molecule has 1 rings (SSSR count). The van der Waals surface area contributed by atoms with E-state index in [1.165, 1.54) is 0 Å². The first-order valence-corrected chi connectivity index (χ1v) is 5.83. The van der Waals surface area contributed by atoms with Crippen LogP contribution in [-0.2, 0) is 4.79 Å². The number of carbonyl (C=O) groups is 1. The van der Waals surface area contributed by atoms with Crippen LogP contribution in [0.3, 0.4) is 0 Å². The van der Waals surface area contributed by atoms with Gasteiger partial charge in [0.1, 0.15) is 5.75 Å². The van der Waals surface area contributed by atoms with Crippen molar-refractivity contribution in [1.29, 1.82) is 0 Å². The minimum Gasteiger partial charge on any atom is -0.494 e. The van der Waals surface area contributed by atoms with E-state index >= 15 is 0 Å². The van der Waals surface area contributed by atoms with E-state index in [1.807, 2.05) is 38.1 Å². The summed E-state index contributed by atoms with van der Waals surface area (Å²) in [6.45, 7) is 6.19. The van der Waals surface area contributed by atoms with E-state index < -0.39 is 6.04 Å². The number of hydrogen-bond acceptors (Lipinski definition) is 3. The molecule has 0 aliphatic rings. The lowest BCUT2D eigenvalue weighted by atomic mass is 10.1. The predicted molar refractivity (Wildman–Crippen MR) is 67.8 cm³/mol. The molecule has 3 N–H and O–H groups in total. The van der Waals surface area contributed by atoms with Crippen LogP contribution in [0.2, 0.25) is 0 Å². The summed E-state index contributed by atoms with van der Waals surface area (Å²) in [7, 11) is 0. The monoisotopic (exact) mass is 236 g/mol. The molecule has 0 saturated heterocycles. The normalized spacial score (nSPS) is 13.9. The molecule has 1 unspecified atom stereocenters. The summed E-state index contributed by atoms with van der Waals surface area (Å²) >= 11 is 0. The summed E-state index contributed by atoms with van der Waals surface area (Å²) in [5.74, 6) is 0.688. The molecule has 1 aromatic carbocycles. The van der Waals surface area contributed by atoms with Gasteiger partial charge in [0.25, 0.3) is 0 Å². The van der Waals surface area contributed by atoms with Gasteiger partial charge in [-0.25, -0.2) is 0 Å². The Labute approximate surface area is 102 Å². The third kappa shape index (κ3) is 4.07. The molecular formula is C13H20N2O2. The fourth-order valence-corrected chi connectivity index (χ4v) is 1.45. The largest absolute Gasteiger partial charge is 0.494 e. The zero-order chi connectivity index (χ0) is 12.8. The second kappa shape index (κ2) is 6.25. The zero-order valence-electron chi connectivity index (χ0n) is 10.6. The Morgan fingerprint density at radius 1 is 1.35 bits per heavy atom. The Morgan fingerprint density at radius 2 is 1.94 bits per heavy atom. The lowest BCUT2D eigenvalue weighted by Crippen LogP contribution is -2.39. The molecule has 0 aliphatic heterocycles. The van der Waals surface area contributed by atoms with E-state index in [9.17, 15) is 4.79 Å². The molecule has 2 atom stereocenters. The standard InChI is InChI=1S/C13H20N2O2/c1-4-17-12-7-5-11(6-8-12)10(3)15-13(16)9(2)14/h5-10H,4,14H2,1-3H3,(H,15,16)/t9-,10?/m0/s1. The molecule has 0 saturated carbocycles. The summed E-state index contributed by atoms with van der Waals surface area (Å²) in [4.78, 5) is 11.4. The molecule has 4 nitrogen and oxygen atoms in total. The van der Waals surface area contributed by atoms with Gasteiger partial charge in [-0.05, 0) is 38.5 Å². The van der Waals surface area contributed by atoms with Gasteiger partial charge < -0.3 is 15.8 Å². The van der Waals surface area contributed by atoms with Gasteiger partial charge in [-0.3, -0.25) is 4.79 Å². The third-order valence-corrected chi connectivity index (χ3v) is 2.46. The first kappa shape index (κ1) is 13.5. The number of rotatable bonds is 5. The quantitative estimate of drug-likeness (QED) is 0.816. The van der Waals surface area contributed by atoms with Gasteiger partial charge in [0, 0.05) is 0 Å². The minimum absolute atomic E-state index is 0.0517. The molecule has 4 heteroatoms. The SMILES string of the molecule is CCOc1ccc(C(C)NC(=O)[C@H](C)N)cc1. The second-order valence-electron chi connectivity index (χ2n) is 4.02. The van der Waals surface area contributed by atoms with Crippen molar-refractivity contribution in [1.82, 2.24) is 5.32 Å². The van der Waals surface area contributed by atoms with E-state index in [0.717, 1.165) is 11.3 Å². The average Bonchev–Trinajstić information content (AvgIpc) is 2.30. The highest BCUT2D eigenvalue weighted by Gasteiger charge is 2.12. The van der Waals surface area contributed by atoms with Crippen molar-refractivity contribution in [2.24, 2.45) is 5.73 Å². The van der Waals surface area contributed by atoms with Crippen molar-refractivity contribution >= 4 is 5.91 Å². The fraction of sp³-hybridized carbons (Fsp3) is 0.462. The van der Waals surface area contributed by atoms with Crippen LogP contribution in [0.4, 0.5) is 0 Å². The smallest absolute Gasteiger partial charge is 0.237 e. The van der Waals surface area contributed by atoms with Crippen LogP contribution in [0.25, 0.3) is 0 Å². The summed E-state index contributed by atoms with van der Waals surface area (Å²) in [6, 6.07) is 7.14. The van der Waals surface area contributed by atoms with E-state index in [1.54, 1.807) is 6.92 Å². The number of carbonyl (C=O) groups excluding carboxylic acids is 1. The number of ether oxygens (including phenoxy) is 1. The molecule has 0 fully saturated rings. The van der Waals surface area contributed by atoms with E-state index in [0.29, 0.717) is 6.61 Å². The summed E-state index contributed by atoms with van der Waals surface area (Å²) < 4.78 is 5.35. The molecule has 0 aliphatic carbocycles. The lowest BCUT2D eigenvalue weighted by Gasteiger charge is -2.16. The van der Waals surface area contributed by atoms with Crippen molar-refractivity contribution in [3.63, 3.8) is 0 Å². The van der Waals surface area contributed by atoms with Gasteiger partial charge in [-0.2, -0.15) is 0 Å². The highest BCUT2D eigenvalue weighted by atomic mass is 16.5. The first-order valence-electron chi connectivity index (χ1n) is 5.83. The Bertz CT molecular complexity index is 360. The Kier molecular flexibility index (Phi) is 4.97. The Morgan fingerprint density at radius 3 is 2.41 bits per heavy atom. The number of nitrogens with two attached hydrogens (primary N) is 1. The van der Waals surface area contributed by atoms with Gasteiger partial charge in [-0.1, -0.05) is 12.1 Å². The highest BCUT2D eigenvalue weighted by molar-refractivity contribution is 5.81. The van der Waals surface area contributed by atoms with E-state index in [4.69, 9.17) is 10.5 Å². The van der Waals surface area contributed by atoms with Crippen molar-refractivity contribution in [2.45, 2.75) is 32.9 Å². The number of hydrogen-bond donors (Lipinski definition) is 2. The molecule has 17 heavy (non-hydrogen) atoms. The van der Waals surface area contributed by atoms with Gasteiger partial charge in [-0.15, -0.1) is 0 Å². The Balaban J connectivity index is 2.63. The first-order chi connectivity index (χ1) is 8.04. The van der Waals surface area contributed by atoms with Crippen LogP contribution in [-0.4, -0.2) is 18.6 Å². The van der Waals surface area contributed by atoms with Gasteiger partial charge in [0.05, 0.1) is 18.7 Å². The van der Waals surface area contributed by atoms with Crippen molar-refractivity contribution in [3.8, 4) is 5.75 Å². The molecule has 1 aromatic rings. The second-order valence-corrected chi connectivity index (χ2v) is 4.02. The minimum atomic E-state index is -0.486. The van der Waals surface area contributed by atoms with Crippen molar-refractivity contribution in [3.05, 3.63) is 29.8 Å². The van der Waals surface area contributed by atoms with Crippen LogP contribution in [0, 0.1) is 0 Å². The molecular weight excluding hydrogens is 216 g/mol. The maximum atomic E-state index is 11.4. The van der Waals surface area contributed by atoms with Crippen LogP contribution < -0.4 is 15.8 Å². The van der Waals surface area contributed by atoms with Crippen LogP contribution in [0.15, 0.2) is 24.3 Å². The van der Waals surface area contributed by atoms with Crippen molar-refractivity contribution < 1.29 is 9.53 Å². The Hall–Kier alpha value is -1.55. The van der Waals surface area contributed by atoms with Gasteiger partial charge >= 0.3 is 0 Å². The molecule has 0 spiro atoms. The molecule has 94 valence electrons. The third-order valence-electron chi connectivity index (χ3n) is 2.46. The molecule has 0 radical (unpaired) electrons. The zero-order valence-corrected chi connectivity index (χ0v) is 10.6. The summed E-state index contributed by atoms with van der Waals surface area (Å²) in [5.41, 5.74) is 6.52. The predicted octanol–water partition coefficient (Wildman–Crippen LogP) is 1.61. The maximum absolute atomic E-state index is 11.4. The molecule has 0 bridgehead atoms. The lowest BCUT2D eigenvalue weighted by molar-refractivity contribution is -0.122. The highest BCUT2D eigenvalue weighted by Crippen LogP contribution is 2.17. The number of amides is 1. The molecule has 1 amide bonds. The molecule has 0 heterocycles. The van der Waals surface area contributed by atoms with Gasteiger partial charge in [0.15, 0.2) is 0 Å². The maximum Gasteiger partial charge on any atom is 0.237 e. The van der Waals surface area contributed by atoms with Crippen molar-refractivity contribution in [2.75, 3.05) is 6.61 Å². The summed E-state index contributed by atoms with van der Waals surface area (Å²) in [6.07, 6.45) is 0. The number of benzene rings is 1. The number of nitrogens with one attached hydrogen (secondary N) is 1. The van der Waals surface area contributed by atoms with Gasteiger partial charge in [0.2, 0.25) is 5.91 Å². The van der Waals surface area contributed by atoms with E-state index in [-0.39, 0.29) is 11.9 Å². The average molecular weight is 236 g/mol. The van der Waals surface area contributed by atoms with Crippen LogP contribution in [0.1, 0.15) is 32.4 Å². The van der Waals surface area contributed by atoms with Crippen LogP contribution >= 0.6 is 0 Å². The van der Waals surface area contributed by atoms with E-state index in [2.05, 4.69) is 5.32 Å². The van der Waals surface area contributed by atoms with Crippen LogP contribution in [0.5, 0.6) is 5.75 Å².